The van der Waals surface area contributed by atoms with Crippen molar-refractivity contribution in [2.45, 2.75) is 13.0 Å². The fourth-order valence-electron chi connectivity index (χ4n) is 4.12. The van der Waals surface area contributed by atoms with Gasteiger partial charge in [0.2, 0.25) is 5.95 Å². The summed E-state index contributed by atoms with van der Waals surface area (Å²) in [5.74, 6) is 2.92. The zero-order chi connectivity index (χ0) is 24.7. The first-order valence-corrected chi connectivity index (χ1v) is 12.1. The number of piperazine rings is 1. The number of para-hydroxylation sites is 2. The van der Waals surface area contributed by atoms with Gasteiger partial charge in [-0.1, -0.05) is 36.4 Å². The number of carbonyl (C=O) groups excluding carboxylic acids is 1. The highest BCUT2D eigenvalue weighted by Crippen LogP contribution is 2.26. The molecule has 2 heterocycles. The minimum Gasteiger partial charge on any atom is -0.481 e. The largest absolute Gasteiger partial charge is 0.481 e. The summed E-state index contributed by atoms with van der Waals surface area (Å²) < 4.78 is 11.7. The van der Waals surface area contributed by atoms with Crippen molar-refractivity contribution in [3.63, 3.8) is 0 Å². The lowest BCUT2D eigenvalue weighted by molar-refractivity contribution is -0.138. The fraction of sp³-hybridized carbons (Fsp3) is 0.207. The number of anilines is 1. The molecular formula is C29H28N4O3. The maximum absolute atomic E-state index is 12.9. The molecule has 1 atom stereocenters. The van der Waals surface area contributed by atoms with Gasteiger partial charge < -0.3 is 19.3 Å². The van der Waals surface area contributed by atoms with Crippen LogP contribution in [0.25, 0.3) is 11.3 Å². The van der Waals surface area contributed by atoms with Crippen molar-refractivity contribution in [3.05, 3.63) is 97.2 Å². The molecule has 7 heteroatoms. The van der Waals surface area contributed by atoms with Crippen LogP contribution in [0.15, 0.2) is 97.2 Å². The minimum absolute atomic E-state index is 0.00835. The van der Waals surface area contributed by atoms with Gasteiger partial charge in [0.25, 0.3) is 5.91 Å². The summed E-state index contributed by atoms with van der Waals surface area (Å²) in [5, 5.41) is 0. The highest BCUT2D eigenvalue weighted by molar-refractivity contribution is 5.81. The van der Waals surface area contributed by atoms with Crippen molar-refractivity contribution in [2.75, 3.05) is 31.1 Å². The third kappa shape index (κ3) is 5.63. The van der Waals surface area contributed by atoms with Gasteiger partial charge in [-0.2, -0.15) is 0 Å². The number of nitrogens with zero attached hydrogens (tertiary/aromatic N) is 4. The van der Waals surface area contributed by atoms with Gasteiger partial charge in [-0.05, 0) is 61.5 Å². The number of carbonyl (C=O) groups is 1. The lowest BCUT2D eigenvalue weighted by Gasteiger charge is -2.35. The molecule has 1 amide bonds. The number of hydrogen-bond acceptors (Lipinski definition) is 6. The zero-order valence-corrected chi connectivity index (χ0v) is 20.2. The van der Waals surface area contributed by atoms with Gasteiger partial charge in [0, 0.05) is 37.9 Å². The molecule has 1 aromatic heterocycles. The second-order valence-corrected chi connectivity index (χ2v) is 8.57. The van der Waals surface area contributed by atoms with Crippen LogP contribution in [0.3, 0.4) is 0 Å². The van der Waals surface area contributed by atoms with Gasteiger partial charge in [0.1, 0.15) is 17.2 Å². The van der Waals surface area contributed by atoms with Crippen LogP contribution in [0.1, 0.15) is 6.92 Å². The normalized spacial score (nSPS) is 14.2. The Bertz CT molecular complexity index is 1270. The SMILES string of the molecule is C[C@H](Oc1ccccc1)C(=O)N1CCN(c2nccc(-c3ccc(Oc4ccccc4)cc3)n2)CC1. The summed E-state index contributed by atoms with van der Waals surface area (Å²) in [6.45, 7) is 4.32. The molecule has 5 rings (SSSR count). The Kier molecular flexibility index (Phi) is 7.07. The molecule has 4 aromatic rings. The number of rotatable bonds is 7. The van der Waals surface area contributed by atoms with E-state index in [0.717, 1.165) is 22.8 Å². The third-order valence-electron chi connectivity index (χ3n) is 6.05. The summed E-state index contributed by atoms with van der Waals surface area (Å²) in [6, 6.07) is 28.9. The molecule has 0 bridgehead atoms. The van der Waals surface area contributed by atoms with Crippen molar-refractivity contribution >= 4 is 11.9 Å². The molecule has 1 saturated heterocycles. The van der Waals surface area contributed by atoms with Crippen molar-refractivity contribution < 1.29 is 14.3 Å². The molecular weight excluding hydrogens is 452 g/mol. The van der Waals surface area contributed by atoms with E-state index in [1.807, 2.05) is 95.9 Å². The summed E-state index contributed by atoms with van der Waals surface area (Å²) in [4.78, 5) is 26.1. The first-order chi connectivity index (χ1) is 17.7. The molecule has 1 aliphatic rings. The van der Waals surface area contributed by atoms with E-state index in [9.17, 15) is 4.79 Å². The minimum atomic E-state index is -0.535. The van der Waals surface area contributed by atoms with Crippen molar-refractivity contribution in [1.29, 1.82) is 0 Å². The van der Waals surface area contributed by atoms with Gasteiger partial charge in [-0.15, -0.1) is 0 Å². The van der Waals surface area contributed by atoms with E-state index < -0.39 is 6.10 Å². The standard InChI is InChI=1S/C29H28N4O3/c1-22(35-24-8-4-2-5-9-24)28(34)32-18-20-33(21-19-32)29-30-17-16-27(31-29)23-12-14-26(15-13-23)36-25-10-6-3-7-11-25/h2-17,22H,18-21H2,1H3/t22-/m0/s1. The molecule has 182 valence electrons. The molecule has 7 nitrogen and oxygen atoms in total. The van der Waals surface area contributed by atoms with E-state index in [2.05, 4.69) is 9.88 Å². The molecule has 0 unspecified atom stereocenters. The van der Waals surface area contributed by atoms with E-state index >= 15 is 0 Å². The maximum atomic E-state index is 12.9. The van der Waals surface area contributed by atoms with E-state index in [-0.39, 0.29) is 5.91 Å². The number of hydrogen-bond donors (Lipinski definition) is 0. The van der Waals surface area contributed by atoms with Crippen LogP contribution in [0.4, 0.5) is 5.95 Å². The van der Waals surface area contributed by atoms with Gasteiger partial charge >= 0.3 is 0 Å². The van der Waals surface area contributed by atoms with Gasteiger partial charge in [0.15, 0.2) is 6.10 Å². The second kappa shape index (κ2) is 10.9. The molecule has 36 heavy (non-hydrogen) atoms. The molecule has 0 saturated carbocycles. The summed E-state index contributed by atoms with van der Waals surface area (Å²) in [7, 11) is 0. The molecule has 3 aromatic carbocycles. The van der Waals surface area contributed by atoms with Crippen LogP contribution < -0.4 is 14.4 Å². The van der Waals surface area contributed by atoms with Gasteiger partial charge in [0.05, 0.1) is 5.69 Å². The Morgan fingerprint density at radius 2 is 1.39 bits per heavy atom. The highest BCUT2D eigenvalue weighted by atomic mass is 16.5. The number of benzene rings is 3. The highest BCUT2D eigenvalue weighted by Gasteiger charge is 2.27. The number of amides is 1. The molecule has 0 aliphatic carbocycles. The van der Waals surface area contributed by atoms with Gasteiger partial charge in [-0.25, -0.2) is 9.97 Å². The quantitative estimate of drug-likeness (QED) is 0.369. The topological polar surface area (TPSA) is 67.8 Å². The van der Waals surface area contributed by atoms with Crippen molar-refractivity contribution in [2.24, 2.45) is 0 Å². The lowest BCUT2D eigenvalue weighted by atomic mass is 10.1. The van der Waals surface area contributed by atoms with Crippen molar-refractivity contribution in [3.8, 4) is 28.5 Å². The summed E-state index contributed by atoms with van der Waals surface area (Å²) in [5.41, 5.74) is 1.83. The Hall–Kier alpha value is -4.39. The third-order valence-corrected chi connectivity index (χ3v) is 6.05. The average molecular weight is 481 g/mol. The van der Waals surface area contributed by atoms with Crippen LogP contribution in [0.5, 0.6) is 17.2 Å². The fourth-order valence-corrected chi connectivity index (χ4v) is 4.12. The Balaban J connectivity index is 1.18. The Morgan fingerprint density at radius 1 is 0.778 bits per heavy atom. The predicted octanol–water partition coefficient (Wildman–Crippen LogP) is 5.05. The monoisotopic (exact) mass is 480 g/mol. The maximum Gasteiger partial charge on any atom is 0.263 e. The van der Waals surface area contributed by atoms with E-state index in [1.54, 1.807) is 13.1 Å². The van der Waals surface area contributed by atoms with E-state index in [4.69, 9.17) is 14.5 Å². The number of ether oxygens (including phenoxy) is 2. The lowest BCUT2D eigenvalue weighted by Crippen LogP contribution is -2.52. The van der Waals surface area contributed by atoms with Crippen LogP contribution in [0, 0.1) is 0 Å². The second-order valence-electron chi connectivity index (χ2n) is 8.57. The first-order valence-electron chi connectivity index (χ1n) is 12.1. The smallest absolute Gasteiger partial charge is 0.263 e. The van der Waals surface area contributed by atoms with Crippen LogP contribution in [0.2, 0.25) is 0 Å². The van der Waals surface area contributed by atoms with Crippen LogP contribution in [-0.2, 0) is 4.79 Å². The Morgan fingerprint density at radius 3 is 2.06 bits per heavy atom. The van der Waals surface area contributed by atoms with Crippen LogP contribution >= 0.6 is 0 Å². The zero-order valence-electron chi connectivity index (χ0n) is 20.2. The summed E-state index contributed by atoms with van der Waals surface area (Å²) in [6.07, 6.45) is 1.24. The van der Waals surface area contributed by atoms with Crippen LogP contribution in [-0.4, -0.2) is 53.1 Å². The molecule has 1 fully saturated rings. The first kappa shape index (κ1) is 23.4. The van der Waals surface area contributed by atoms with E-state index in [1.165, 1.54) is 0 Å². The van der Waals surface area contributed by atoms with Gasteiger partial charge in [-0.3, -0.25) is 4.79 Å². The molecule has 0 N–H and O–H groups in total. The predicted molar refractivity (Wildman–Crippen MR) is 139 cm³/mol. The molecule has 0 spiro atoms. The Labute approximate surface area is 210 Å². The van der Waals surface area contributed by atoms with E-state index in [0.29, 0.717) is 37.9 Å². The molecule has 0 radical (unpaired) electrons. The van der Waals surface area contributed by atoms with Crippen molar-refractivity contribution in [1.82, 2.24) is 14.9 Å². The molecule has 1 aliphatic heterocycles. The number of aromatic nitrogens is 2. The average Bonchev–Trinajstić information content (AvgIpc) is 2.94. The summed E-state index contributed by atoms with van der Waals surface area (Å²) >= 11 is 0.